The number of carbonyl (C=O) groups is 1. The summed E-state index contributed by atoms with van der Waals surface area (Å²) in [6.07, 6.45) is 1.52. The number of anilines is 2. The molecule has 2 N–H and O–H groups in total. The van der Waals surface area contributed by atoms with Crippen LogP contribution in [0.15, 0.2) is 89.3 Å². The molecular formula is C24H21N3O4S2. The molecule has 0 fully saturated rings. The Hall–Kier alpha value is -3.69. The fourth-order valence-electron chi connectivity index (χ4n) is 3.00. The molecule has 0 spiro atoms. The maximum Gasteiger partial charge on any atom is 0.263 e. The molecule has 33 heavy (non-hydrogen) atoms. The number of nitrogens with zero attached hydrogens (tertiary/aromatic N) is 1. The Labute approximate surface area is 196 Å². The van der Waals surface area contributed by atoms with E-state index >= 15 is 0 Å². The molecule has 4 rings (SSSR count). The van der Waals surface area contributed by atoms with E-state index in [2.05, 4.69) is 39.3 Å². The molecule has 0 atom stereocenters. The standard InChI is InChI=1S/C24H21N3O4S2/c1-17-2-4-18(5-3-17)19-6-10-21(11-7-19)31-16-23(28)26-20-8-12-22(13-9-20)33(29,30)27-24-25-14-15-32-24/h2-15H,16H2,1H3,(H,25,27)(H,26,28). The van der Waals surface area contributed by atoms with Crippen molar-refractivity contribution >= 4 is 38.1 Å². The van der Waals surface area contributed by atoms with Gasteiger partial charge in [-0.15, -0.1) is 11.3 Å². The molecule has 1 amide bonds. The molecule has 1 heterocycles. The summed E-state index contributed by atoms with van der Waals surface area (Å²) in [4.78, 5) is 16.2. The van der Waals surface area contributed by atoms with Crippen molar-refractivity contribution < 1.29 is 17.9 Å². The van der Waals surface area contributed by atoms with Gasteiger partial charge in [-0.05, 0) is 54.4 Å². The van der Waals surface area contributed by atoms with Crippen LogP contribution >= 0.6 is 11.3 Å². The fourth-order valence-corrected chi connectivity index (χ4v) is 4.79. The van der Waals surface area contributed by atoms with Crippen LogP contribution in [0.4, 0.5) is 10.8 Å². The third kappa shape index (κ3) is 5.97. The normalized spacial score (nSPS) is 11.1. The van der Waals surface area contributed by atoms with Crippen LogP contribution in [0.3, 0.4) is 0 Å². The van der Waals surface area contributed by atoms with E-state index in [1.165, 1.54) is 47.4 Å². The first-order valence-electron chi connectivity index (χ1n) is 10.0. The van der Waals surface area contributed by atoms with E-state index in [0.717, 1.165) is 11.1 Å². The molecule has 7 nitrogen and oxygen atoms in total. The van der Waals surface area contributed by atoms with Gasteiger partial charge >= 0.3 is 0 Å². The van der Waals surface area contributed by atoms with Gasteiger partial charge in [0.25, 0.3) is 15.9 Å². The van der Waals surface area contributed by atoms with E-state index in [9.17, 15) is 13.2 Å². The highest BCUT2D eigenvalue weighted by Crippen LogP contribution is 2.23. The molecule has 9 heteroatoms. The monoisotopic (exact) mass is 479 g/mol. The van der Waals surface area contributed by atoms with Crippen molar-refractivity contribution in [2.75, 3.05) is 16.6 Å². The summed E-state index contributed by atoms with van der Waals surface area (Å²) in [6, 6.07) is 21.6. The Balaban J connectivity index is 1.30. The lowest BCUT2D eigenvalue weighted by Crippen LogP contribution is -2.20. The van der Waals surface area contributed by atoms with Crippen LogP contribution in [-0.2, 0) is 14.8 Å². The van der Waals surface area contributed by atoms with E-state index in [1.807, 2.05) is 31.2 Å². The molecule has 0 aliphatic carbocycles. The molecule has 0 aliphatic heterocycles. The van der Waals surface area contributed by atoms with Crippen molar-refractivity contribution in [3.8, 4) is 16.9 Å². The lowest BCUT2D eigenvalue weighted by atomic mass is 10.0. The lowest BCUT2D eigenvalue weighted by molar-refractivity contribution is -0.118. The summed E-state index contributed by atoms with van der Waals surface area (Å²) >= 11 is 1.19. The molecule has 4 aromatic rings. The predicted molar refractivity (Wildman–Crippen MR) is 130 cm³/mol. The Morgan fingerprint density at radius 2 is 1.58 bits per heavy atom. The number of ether oxygens (including phenoxy) is 1. The molecule has 1 aromatic heterocycles. The van der Waals surface area contributed by atoms with Gasteiger partial charge in [0.1, 0.15) is 5.75 Å². The van der Waals surface area contributed by atoms with Gasteiger partial charge in [0, 0.05) is 17.3 Å². The quantitative estimate of drug-likeness (QED) is 0.373. The molecule has 0 radical (unpaired) electrons. The van der Waals surface area contributed by atoms with Gasteiger partial charge in [-0.3, -0.25) is 9.52 Å². The van der Waals surface area contributed by atoms with E-state index in [4.69, 9.17) is 4.74 Å². The maximum atomic E-state index is 12.4. The first kappa shape index (κ1) is 22.5. The fraction of sp³-hybridized carbons (Fsp3) is 0.0833. The zero-order valence-corrected chi connectivity index (χ0v) is 19.3. The topological polar surface area (TPSA) is 97.4 Å². The smallest absolute Gasteiger partial charge is 0.263 e. The second-order valence-electron chi connectivity index (χ2n) is 7.19. The number of sulfonamides is 1. The van der Waals surface area contributed by atoms with Crippen molar-refractivity contribution in [2.24, 2.45) is 0 Å². The van der Waals surface area contributed by atoms with Gasteiger partial charge < -0.3 is 10.1 Å². The minimum absolute atomic E-state index is 0.0700. The summed E-state index contributed by atoms with van der Waals surface area (Å²) in [5, 5.41) is 4.66. The molecule has 0 saturated carbocycles. The lowest BCUT2D eigenvalue weighted by Gasteiger charge is -2.10. The van der Waals surface area contributed by atoms with Gasteiger partial charge in [0.15, 0.2) is 11.7 Å². The Bertz CT molecular complexity index is 1320. The second kappa shape index (κ2) is 9.85. The minimum Gasteiger partial charge on any atom is -0.484 e. The third-order valence-electron chi connectivity index (χ3n) is 4.71. The molecule has 168 valence electrons. The average molecular weight is 480 g/mol. The number of benzene rings is 3. The Morgan fingerprint density at radius 1 is 0.939 bits per heavy atom. The van der Waals surface area contributed by atoms with Crippen LogP contribution < -0.4 is 14.8 Å². The number of thiazole rings is 1. The molecular weight excluding hydrogens is 458 g/mol. The molecule has 0 saturated heterocycles. The highest BCUT2D eigenvalue weighted by atomic mass is 32.2. The minimum atomic E-state index is -3.74. The van der Waals surface area contributed by atoms with E-state index in [1.54, 1.807) is 5.38 Å². The third-order valence-corrected chi connectivity index (χ3v) is 6.88. The molecule has 0 aliphatic rings. The summed E-state index contributed by atoms with van der Waals surface area (Å²) in [7, 11) is -3.74. The molecule has 0 bridgehead atoms. The zero-order chi connectivity index (χ0) is 23.3. The number of hydrogen-bond acceptors (Lipinski definition) is 6. The number of aromatic nitrogens is 1. The van der Waals surface area contributed by atoms with Crippen molar-refractivity contribution in [1.29, 1.82) is 0 Å². The van der Waals surface area contributed by atoms with Crippen LogP contribution in [-0.4, -0.2) is 25.9 Å². The number of carbonyl (C=O) groups excluding carboxylic acids is 1. The number of hydrogen-bond donors (Lipinski definition) is 2. The van der Waals surface area contributed by atoms with Crippen molar-refractivity contribution in [3.63, 3.8) is 0 Å². The summed E-state index contributed by atoms with van der Waals surface area (Å²) < 4.78 is 32.7. The summed E-state index contributed by atoms with van der Waals surface area (Å²) in [5.74, 6) is 0.227. The van der Waals surface area contributed by atoms with E-state index in [0.29, 0.717) is 11.4 Å². The van der Waals surface area contributed by atoms with Crippen molar-refractivity contribution in [3.05, 3.63) is 89.9 Å². The van der Waals surface area contributed by atoms with E-state index in [-0.39, 0.29) is 22.5 Å². The summed E-state index contributed by atoms with van der Waals surface area (Å²) in [5.41, 5.74) is 3.84. The highest BCUT2D eigenvalue weighted by Gasteiger charge is 2.15. The van der Waals surface area contributed by atoms with Crippen LogP contribution in [0.25, 0.3) is 11.1 Å². The van der Waals surface area contributed by atoms with Gasteiger partial charge in [-0.2, -0.15) is 0 Å². The van der Waals surface area contributed by atoms with E-state index < -0.39 is 10.0 Å². The largest absolute Gasteiger partial charge is 0.484 e. The first-order valence-corrected chi connectivity index (χ1v) is 12.4. The Morgan fingerprint density at radius 3 is 2.18 bits per heavy atom. The van der Waals surface area contributed by atoms with Crippen molar-refractivity contribution in [1.82, 2.24) is 4.98 Å². The second-order valence-corrected chi connectivity index (χ2v) is 9.77. The van der Waals surface area contributed by atoms with Gasteiger partial charge in [-0.25, -0.2) is 13.4 Å². The highest BCUT2D eigenvalue weighted by molar-refractivity contribution is 7.93. The number of rotatable bonds is 8. The number of nitrogens with one attached hydrogen (secondary N) is 2. The van der Waals surface area contributed by atoms with Gasteiger partial charge in [-0.1, -0.05) is 42.0 Å². The number of amides is 1. The zero-order valence-electron chi connectivity index (χ0n) is 17.7. The molecule has 0 unspecified atom stereocenters. The maximum absolute atomic E-state index is 12.4. The number of aryl methyl sites for hydroxylation is 1. The van der Waals surface area contributed by atoms with Crippen LogP contribution in [0.5, 0.6) is 5.75 Å². The SMILES string of the molecule is Cc1ccc(-c2ccc(OCC(=O)Nc3ccc(S(=O)(=O)Nc4nccs4)cc3)cc2)cc1. The summed E-state index contributed by atoms with van der Waals surface area (Å²) in [6.45, 7) is 1.87. The van der Waals surface area contributed by atoms with Gasteiger partial charge in [0.05, 0.1) is 4.90 Å². The molecule has 3 aromatic carbocycles. The van der Waals surface area contributed by atoms with Crippen molar-refractivity contribution in [2.45, 2.75) is 11.8 Å². The first-order chi connectivity index (χ1) is 15.9. The Kier molecular flexibility index (Phi) is 6.71. The van der Waals surface area contributed by atoms with Crippen LogP contribution in [0.2, 0.25) is 0 Å². The van der Waals surface area contributed by atoms with Gasteiger partial charge in [0.2, 0.25) is 0 Å². The average Bonchev–Trinajstić information content (AvgIpc) is 3.31. The predicted octanol–water partition coefficient (Wildman–Crippen LogP) is 4.94. The van der Waals surface area contributed by atoms with Crippen LogP contribution in [0.1, 0.15) is 5.56 Å². The van der Waals surface area contributed by atoms with Crippen LogP contribution in [0, 0.1) is 6.92 Å².